The maximum atomic E-state index is 12.3. The lowest BCUT2D eigenvalue weighted by molar-refractivity contribution is -0.115. The first-order valence-electron chi connectivity index (χ1n) is 6.98. The van der Waals surface area contributed by atoms with E-state index in [1.54, 1.807) is 22.7 Å². The number of thiazole rings is 1. The first-order valence-corrected chi connectivity index (χ1v) is 8.68. The van der Waals surface area contributed by atoms with Crippen LogP contribution in [0.15, 0.2) is 41.8 Å². The summed E-state index contributed by atoms with van der Waals surface area (Å²) >= 11 is 3.24. The van der Waals surface area contributed by atoms with Gasteiger partial charge in [-0.1, -0.05) is 23.8 Å². The van der Waals surface area contributed by atoms with Gasteiger partial charge >= 0.3 is 0 Å². The molecule has 0 saturated heterocycles. The first-order chi connectivity index (χ1) is 10.6. The van der Waals surface area contributed by atoms with Crippen molar-refractivity contribution in [2.45, 2.75) is 20.3 Å². The summed E-state index contributed by atoms with van der Waals surface area (Å²) < 4.78 is 0. The van der Waals surface area contributed by atoms with Crippen molar-refractivity contribution in [3.63, 3.8) is 0 Å². The van der Waals surface area contributed by atoms with Crippen LogP contribution in [0.3, 0.4) is 0 Å². The van der Waals surface area contributed by atoms with Crippen LogP contribution in [0.4, 0.5) is 5.69 Å². The molecule has 5 heteroatoms. The lowest BCUT2D eigenvalue weighted by Gasteiger charge is -2.05. The van der Waals surface area contributed by atoms with Crippen molar-refractivity contribution in [2.75, 3.05) is 5.32 Å². The minimum absolute atomic E-state index is 0.00897. The standard InChI is InChI=1S/C17H16N2OS2/c1-11-5-7-13(8-6-11)19-16(20)10-15-17(18-12(2)22-15)14-4-3-9-21-14/h3-9H,10H2,1-2H3,(H,19,20). The predicted molar refractivity (Wildman–Crippen MR) is 93.7 cm³/mol. The average Bonchev–Trinajstić information content (AvgIpc) is 3.11. The topological polar surface area (TPSA) is 42.0 Å². The Kier molecular flexibility index (Phi) is 4.36. The second-order valence-electron chi connectivity index (χ2n) is 5.07. The Morgan fingerprint density at radius 2 is 1.95 bits per heavy atom. The fourth-order valence-electron chi connectivity index (χ4n) is 2.18. The van der Waals surface area contributed by atoms with Gasteiger partial charge in [0.05, 0.1) is 22.0 Å². The molecule has 0 fully saturated rings. The number of amides is 1. The number of hydrogen-bond acceptors (Lipinski definition) is 4. The van der Waals surface area contributed by atoms with Crippen molar-refractivity contribution in [1.82, 2.24) is 4.98 Å². The molecule has 0 aliphatic carbocycles. The van der Waals surface area contributed by atoms with Crippen molar-refractivity contribution in [1.29, 1.82) is 0 Å². The largest absolute Gasteiger partial charge is 0.326 e. The van der Waals surface area contributed by atoms with Crippen LogP contribution in [-0.2, 0) is 11.2 Å². The number of hydrogen-bond donors (Lipinski definition) is 1. The van der Waals surface area contributed by atoms with E-state index in [1.165, 1.54) is 5.56 Å². The van der Waals surface area contributed by atoms with Crippen molar-refractivity contribution in [3.8, 4) is 10.6 Å². The van der Waals surface area contributed by atoms with Gasteiger partial charge in [-0.3, -0.25) is 4.79 Å². The van der Waals surface area contributed by atoms with E-state index in [1.807, 2.05) is 55.6 Å². The smallest absolute Gasteiger partial charge is 0.229 e. The monoisotopic (exact) mass is 328 g/mol. The Morgan fingerprint density at radius 3 is 2.64 bits per heavy atom. The molecule has 3 nitrogen and oxygen atoms in total. The molecule has 0 aliphatic heterocycles. The zero-order valence-electron chi connectivity index (χ0n) is 12.4. The molecule has 112 valence electrons. The molecular weight excluding hydrogens is 312 g/mol. The van der Waals surface area contributed by atoms with Crippen LogP contribution in [0.5, 0.6) is 0 Å². The van der Waals surface area contributed by atoms with Crippen LogP contribution in [0.2, 0.25) is 0 Å². The van der Waals surface area contributed by atoms with E-state index in [4.69, 9.17) is 0 Å². The molecule has 2 heterocycles. The number of nitrogens with zero attached hydrogens (tertiary/aromatic N) is 1. The Labute approximate surface area is 137 Å². The van der Waals surface area contributed by atoms with E-state index in [2.05, 4.69) is 10.3 Å². The molecule has 0 bridgehead atoms. The van der Waals surface area contributed by atoms with Crippen LogP contribution in [0.25, 0.3) is 10.6 Å². The molecule has 0 spiro atoms. The molecule has 1 aromatic carbocycles. The molecule has 0 aliphatic rings. The minimum atomic E-state index is -0.00897. The zero-order chi connectivity index (χ0) is 15.5. The maximum absolute atomic E-state index is 12.3. The van der Waals surface area contributed by atoms with E-state index in [0.717, 1.165) is 26.1 Å². The number of nitrogens with one attached hydrogen (secondary N) is 1. The molecule has 1 amide bonds. The summed E-state index contributed by atoms with van der Waals surface area (Å²) in [6, 6.07) is 11.9. The van der Waals surface area contributed by atoms with E-state index in [-0.39, 0.29) is 5.91 Å². The molecule has 0 saturated carbocycles. The van der Waals surface area contributed by atoms with E-state index in [9.17, 15) is 4.79 Å². The predicted octanol–water partition coefficient (Wildman–Crippen LogP) is 4.67. The van der Waals surface area contributed by atoms with Crippen molar-refractivity contribution in [2.24, 2.45) is 0 Å². The van der Waals surface area contributed by atoms with Gasteiger partial charge in [0.1, 0.15) is 0 Å². The van der Waals surface area contributed by atoms with Crippen LogP contribution in [0, 0.1) is 13.8 Å². The summed E-state index contributed by atoms with van der Waals surface area (Å²) in [6.07, 6.45) is 0.354. The minimum Gasteiger partial charge on any atom is -0.326 e. The number of carbonyl (C=O) groups excluding carboxylic acids is 1. The number of benzene rings is 1. The van der Waals surface area contributed by atoms with Crippen LogP contribution in [0.1, 0.15) is 15.4 Å². The highest BCUT2D eigenvalue weighted by Crippen LogP contribution is 2.31. The Balaban J connectivity index is 1.75. The number of carbonyl (C=O) groups is 1. The summed E-state index contributed by atoms with van der Waals surface area (Å²) in [4.78, 5) is 19.0. The van der Waals surface area contributed by atoms with Gasteiger partial charge in [-0.15, -0.1) is 22.7 Å². The van der Waals surface area contributed by atoms with Gasteiger partial charge in [-0.05, 0) is 37.4 Å². The van der Waals surface area contributed by atoms with Crippen molar-refractivity contribution in [3.05, 3.63) is 57.2 Å². The fraction of sp³-hybridized carbons (Fsp3) is 0.176. The third-order valence-corrected chi connectivity index (χ3v) is 5.06. The number of rotatable bonds is 4. The molecule has 0 atom stereocenters. The van der Waals surface area contributed by atoms with Crippen molar-refractivity contribution < 1.29 is 4.79 Å². The number of aryl methyl sites for hydroxylation is 2. The van der Waals surface area contributed by atoms with Crippen LogP contribution < -0.4 is 5.32 Å². The maximum Gasteiger partial charge on any atom is 0.229 e. The average molecular weight is 328 g/mol. The van der Waals surface area contributed by atoms with Gasteiger partial charge in [0.2, 0.25) is 5.91 Å². The molecule has 3 rings (SSSR count). The molecular formula is C17H16N2OS2. The number of thiophene rings is 1. The number of aromatic nitrogens is 1. The number of anilines is 1. The van der Waals surface area contributed by atoms with E-state index < -0.39 is 0 Å². The summed E-state index contributed by atoms with van der Waals surface area (Å²) in [7, 11) is 0. The van der Waals surface area contributed by atoms with E-state index >= 15 is 0 Å². The van der Waals surface area contributed by atoms with Gasteiger partial charge in [0.15, 0.2) is 0 Å². The summed E-state index contributed by atoms with van der Waals surface area (Å²) in [5, 5.41) is 5.96. The third-order valence-electron chi connectivity index (χ3n) is 3.22. The second kappa shape index (κ2) is 6.42. The Bertz CT molecular complexity index is 774. The van der Waals surface area contributed by atoms with Gasteiger partial charge in [-0.25, -0.2) is 4.98 Å². The highest BCUT2D eigenvalue weighted by atomic mass is 32.1. The second-order valence-corrected chi connectivity index (χ2v) is 7.31. The highest BCUT2D eigenvalue weighted by molar-refractivity contribution is 7.15. The summed E-state index contributed by atoms with van der Waals surface area (Å²) in [5.74, 6) is -0.00897. The molecule has 3 aromatic rings. The van der Waals surface area contributed by atoms with Crippen LogP contribution >= 0.6 is 22.7 Å². The Hall–Kier alpha value is -1.98. The van der Waals surface area contributed by atoms with E-state index in [0.29, 0.717) is 6.42 Å². The highest BCUT2D eigenvalue weighted by Gasteiger charge is 2.15. The normalized spacial score (nSPS) is 10.6. The van der Waals surface area contributed by atoms with Crippen LogP contribution in [-0.4, -0.2) is 10.9 Å². The van der Waals surface area contributed by atoms with Gasteiger partial charge < -0.3 is 5.32 Å². The third kappa shape index (κ3) is 3.43. The molecule has 0 radical (unpaired) electrons. The Morgan fingerprint density at radius 1 is 1.18 bits per heavy atom. The molecule has 0 unspecified atom stereocenters. The SMILES string of the molecule is Cc1ccc(NC(=O)Cc2sc(C)nc2-c2cccs2)cc1. The van der Waals surface area contributed by atoms with Gasteiger partial charge in [0, 0.05) is 10.6 Å². The van der Waals surface area contributed by atoms with Crippen molar-refractivity contribution >= 4 is 34.3 Å². The van der Waals surface area contributed by atoms with Gasteiger partial charge in [-0.2, -0.15) is 0 Å². The summed E-state index contributed by atoms with van der Waals surface area (Å²) in [5.41, 5.74) is 2.95. The summed E-state index contributed by atoms with van der Waals surface area (Å²) in [6.45, 7) is 4.00. The molecule has 22 heavy (non-hydrogen) atoms. The zero-order valence-corrected chi connectivity index (χ0v) is 14.1. The molecule has 1 N–H and O–H groups in total. The molecule has 2 aromatic heterocycles. The quantitative estimate of drug-likeness (QED) is 0.756. The fourth-order valence-corrected chi connectivity index (χ4v) is 3.94. The van der Waals surface area contributed by atoms with Gasteiger partial charge in [0.25, 0.3) is 0 Å². The lowest BCUT2D eigenvalue weighted by atomic mass is 10.2. The first kappa shape index (κ1) is 14.9. The lowest BCUT2D eigenvalue weighted by Crippen LogP contribution is -2.14.